The molecule has 4 rings (SSSR count). The van der Waals surface area contributed by atoms with E-state index in [1.807, 2.05) is 52.7 Å². The minimum Gasteiger partial charge on any atom is -0.338 e. The number of aromatic nitrogens is 3. The van der Waals surface area contributed by atoms with Crippen LogP contribution in [0.3, 0.4) is 0 Å². The zero-order chi connectivity index (χ0) is 17.2. The van der Waals surface area contributed by atoms with Crippen molar-refractivity contribution in [2.45, 2.75) is 18.8 Å². The third-order valence-corrected chi connectivity index (χ3v) is 5.45. The molecule has 1 aromatic carbocycles. The van der Waals surface area contributed by atoms with E-state index in [-0.39, 0.29) is 17.5 Å². The number of H-pyrrole nitrogens is 1. The summed E-state index contributed by atoms with van der Waals surface area (Å²) in [5, 5.41) is 8.75. The smallest absolute Gasteiger partial charge is 0.338 e. The van der Waals surface area contributed by atoms with Crippen molar-refractivity contribution in [2.24, 2.45) is 0 Å². The average molecular weight is 354 g/mol. The number of likely N-dealkylation sites (tertiary alicyclic amines) is 1. The van der Waals surface area contributed by atoms with Gasteiger partial charge in [0, 0.05) is 19.0 Å². The van der Waals surface area contributed by atoms with Crippen LogP contribution in [0.2, 0.25) is 0 Å². The molecular formula is C18H18N4O2S. The van der Waals surface area contributed by atoms with E-state index in [1.165, 1.54) is 11.3 Å². The molecule has 1 saturated heterocycles. The highest BCUT2D eigenvalue weighted by molar-refractivity contribution is 7.12. The number of nitrogens with zero attached hydrogens (tertiary/aromatic N) is 3. The largest absolute Gasteiger partial charge is 0.347 e. The molecule has 0 atom stereocenters. The van der Waals surface area contributed by atoms with E-state index in [4.69, 9.17) is 0 Å². The molecule has 2 aromatic heterocycles. The van der Waals surface area contributed by atoms with Crippen molar-refractivity contribution in [3.63, 3.8) is 0 Å². The van der Waals surface area contributed by atoms with Crippen molar-refractivity contribution in [3.05, 3.63) is 69.0 Å². The highest BCUT2D eigenvalue weighted by Crippen LogP contribution is 2.28. The van der Waals surface area contributed by atoms with Crippen LogP contribution < -0.4 is 5.69 Å². The van der Waals surface area contributed by atoms with Crippen molar-refractivity contribution in [3.8, 4) is 5.69 Å². The number of hydrogen-bond donors (Lipinski definition) is 1. The molecule has 1 N–H and O–H groups in total. The molecule has 128 valence electrons. The van der Waals surface area contributed by atoms with E-state index in [0.29, 0.717) is 13.1 Å². The molecule has 0 aliphatic carbocycles. The van der Waals surface area contributed by atoms with Gasteiger partial charge in [0.2, 0.25) is 0 Å². The summed E-state index contributed by atoms with van der Waals surface area (Å²) in [7, 11) is 0. The van der Waals surface area contributed by atoms with Crippen LogP contribution in [0.25, 0.3) is 5.69 Å². The number of amides is 1. The Hall–Kier alpha value is -2.67. The van der Waals surface area contributed by atoms with E-state index in [0.717, 1.165) is 29.2 Å². The third-order valence-electron chi connectivity index (χ3n) is 4.59. The summed E-state index contributed by atoms with van der Waals surface area (Å²) in [4.78, 5) is 27.3. The quantitative estimate of drug-likeness (QED) is 0.786. The van der Waals surface area contributed by atoms with Crippen molar-refractivity contribution in [1.82, 2.24) is 19.7 Å². The molecule has 1 fully saturated rings. The molecule has 3 heterocycles. The van der Waals surface area contributed by atoms with Gasteiger partial charge in [-0.15, -0.1) is 11.3 Å². The average Bonchev–Trinajstić information content (AvgIpc) is 3.32. The molecule has 0 saturated carbocycles. The second-order valence-corrected chi connectivity index (χ2v) is 7.05. The number of para-hydroxylation sites is 1. The summed E-state index contributed by atoms with van der Waals surface area (Å²) in [6, 6.07) is 13.3. The van der Waals surface area contributed by atoms with E-state index in [2.05, 4.69) is 10.2 Å². The normalized spacial score (nSPS) is 15.4. The molecule has 0 unspecified atom stereocenters. The van der Waals surface area contributed by atoms with Crippen LogP contribution in [0.1, 0.15) is 34.3 Å². The van der Waals surface area contributed by atoms with Crippen LogP contribution >= 0.6 is 11.3 Å². The summed E-state index contributed by atoms with van der Waals surface area (Å²) < 4.78 is 1.64. The number of piperidine rings is 1. The van der Waals surface area contributed by atoms with Gasteiger partial charge in [-0.25, -0.2) is 14.5 Å². The zero-order valence-corrected chi connectivity index (χ0v) is 14.4. The summed E-state index contributed by atoms with van der Waals surface area (Å²) >= 11 is 1.47. The van der Waals surface area contributed by atoms with Crippen molar-refractivity contribution < 1.29 is 4.79 Å². The summed E-state index contributed by atoms with van der Waals surface area (Å²) in [6.45, 7) is 1.36. The minimum absolute atomic E-state index is 0.0935. The van der Waals surface area contributed by atoms with Gasteiger partial charge in [-0.3, -0.25) is 4.79 Å². The minimum atomic E-state index is -0.224. The predicted octanol–water partition coefficient (Wildman–Crippen LogP) is 2.64. The fourth-order valence-electron chi connectivity index (χ4n) is 3.31. The number of hydrogen-bond acceptors (Lipinski definition) is 4. The first-order valence-electron chi connectivity index (χ1n) is 8.29. The lowest BCUT2D eigenvalue weighted by Gasteiger charge is -2.31. The van der Waals surface area contributed by atoms with E-state index in [1.54, 1.807) is 4.57 Å². The predicted molar refractivity (Wildman–Crippen MR) is 96.4 cm³/mol. The Bertz CT molecular complexity index is 906. The topological polar surface area (TPSA) is 71.0 Å². The van der Waals surface area contributed by atoms with Gasteiger partial charge in [0.05, 0.1) is 10.6 Å². The van der Waals surface area contributed by atoms with Crippen molar-refractivity contribution in [2.75, 3.05) is 13.1 Å². The number of carbonyl (C=O) groups excluding carboxylic acids is 1. The SMILES string of the molecule is O=C(c1cccs1)N1CCC(c2n[nH]c(=O)n2-c2ccccc2)CC1. The molecule has 25 heavy (non-hydrogen) atoms. The monoisotopic (exact) mass is 354 g/mol. The molecular weight excluding hydrogens is 336 g/mol. The number of benzene rings is 1. The molecule has 1 amide bonds. The first-order valence-corrected chi connectivity index (χ1v) is 9.17. The van der Waals surface area contributed by atoms with Gasteiger partial charge in [-0.05, 0) is 36.4 Å². The molecule has 0 radical (unpaired) electrons. The summed E-state index contributed by atoms with van der Waals surface area (Å²) in [5.41, 5.74) is 0.589. The van der Waals surface area contributed by atoms with E-state index >= 15 is 0 Å². The molecule has 6 nitrogen and oxygen atoms in total. The number of nitrogens with one attached hydrogen (secondary N) is 1. The Labute approximate surface area is 148 Å². The van der Waals surface area contributed by atoms with Crippen LogP contribution in [-0.2, 0) is 0 Å². The first-order chi connectivity index (χ1) is 12.2. The maximum Gasteiger partial charge on any atom is 0.347 e. The maximum atomic E-state index is 12.5. The fraction of sp³-hybridized carbons (Fsp3) is 0.278. The molecule has 1 aliphatic rings. The first kappa shape index (κ1) is 15.8. The number of thiophene rings is 1. The second kappa shape index (κ2) is 6.68. The van der Waals surface area contributed by atoms with Crippen molar-refractivity contribution in [1.29, 1.82) is 0 Å². The van der Waals surface area contributed by atoms with E-state index in [9.17, 15) is 9.59 Å². The molecule has 0 bridgehead atoms. The van der Waals surface area contributed by atoms with Gasteiger partial charge in [-0.1, -0.05) is 24.3 Å². The molecule has 3 aromatic rings. The van der Waals surface area contributed by atoms with Crippen LogP contribution in [0.15, 0.2) is 52.6 Å². The van der Waals surface area contributed by atoms with Crippen LogP contribution in [0.5, 0.6) is 0 Å². The van der Waals surface area contributed by atoms with Gasteiger partial charge in [-0.2, -0.15) is 5.10 Å². The Morgan fingerprint density at radius 1 is 1.12 bits per heavy atom. The van der Waals surface area contributed by atoms with Gasteiger partial charge in [0.1, 0.15) is 5.82 Å². The highest BCUT2D eigenvalue weighted by atomic mass is 32.1. The lowest BCUT2D eigenvalue weighted by molar-refractivity contribution is 0.0715. The number of carbonyl (C=O) groups is 1. The number of aromatic amines is 1. The Balaban J connectivity index is 1.52. The molecule has 0 spiro atoms. The highest BCUT2D eigenvalue weighted by Gasteiger charge is 2.28. The summed E-state index contributed by atoms with van der Waals surface area (Å²) in [5.74, 6) is 1.00. The maximum absolute atomic E-state index is 12.5. The fourth-order valence-corrected chi connectivity index (χ4v) is 4.00. The van der Waals surface area contributed by atoms with Gasteiger partial charge < -0.3 is 4.90 Å². The number of rotatable bonds is 3. The standard InChI is InChI=1S/C18H18N4O2S/c23-17(15-7-4-12-25-15)21-10-8-13(9-11-21)16-19-20-18(24)22(16)14-5-2-1-3-6-14/h1-7,12-13H,8-11H2,(H,20,24). The zero-order valence-electron chi connectivity index (χ0n) is 13.6. The molecule has 7 heteroatoms. The summed E-state index contributed by atoms with van der Waals surface area (Å²) in [6.07, 6.45) is 1.60. The molecule has 1 aliphatic heterocycles. The van der Waals surface area contributed by atoms with Gasteiger partial charge in [0.15, 0.2) is 0 Å². The Kier molecular flexibility index (Phi) is 4.23. The van der Waals surface area contributed by atoms with Gasteiger partial charge >= 0.3 is 5.69 Å². The second-order valence-electron chi connectivity index (χ2n) is 6.10. The van der Waals surface area contributed by atoms with Crippen LogP contribution in [0, 0.1) is 0 Å². The van der Waals surface area contributed by atoms with Gasteiger partial charge in [0.25, 0.3) is 5.91 Å². The van der Waals surface area contributed by atoms with Crippen LogP contribution in [-0.4, -0.2) is 38.7 Å². The van der Waals surface area contributed by atoms with Crippen molar-refractivity contribution >= 4 is 17.2 Å². The van der Waals surface area contributed by atoms with Crippen LogP contribution in [0.4, 0.5) is 0 Å². The Morgan fingerprint density at radius 3 is 2.56 bits per heavy atom. The van der Waals surface area contributed by atoms with E-state index < -0.39 is 0 Å². The lowest BCUT2D eigenvalue weighted by atomic mass is 9.95. The lowest BCUT2D eigenvalue weighted by Crippen LogP contribution is -2.38. The Morgan fingerprint density at radius 2 is 1.88 bits per heavy atom. The third kappa shape index (κ3) is 3.02.